The molecule has 2 N–H and O–H groups in total. The molecule has 0 radical (unpaired) electrons. The third-order valence-corrected chi connectivity index (χ3v) is 2.82. The van der Waals surface area contributed by atoms with E-state index in [1.165, 1.54) is 0 Å². The summed E-state index contributed by atoms with van der Waals surface area (Å²) >= 11 is 11.8. The molecule has 0 atom stereocenters. The van der Waals surface area contributed by atoms with Gasteiger partial charge in [-0.25, -0.2) is 0 Å². The number of halogens is 2. The molecule has 0 saturated heterocycles. The molecule has 1 rings (SSSR count). The quantitative estimate of drug-likeness (QED) is 0.618. The number of carbonyl (C=O) groups is 1. The average Bonchev–Trinajstić information content (AvgIpc) is 2.34. The summed E-state index contributed by atoms with van der Waals surface area (Å²) in [7, 11) is 0. The number of amides is 1. The summed E-state index contributed by atoms with van der Waals surface area (Å²) in [4.78, 5) is 11.2. The minimum atomic E-state index is -0.196. The summed E-state index contributed by atoms with van der Waals surface area (Å²) in [6.07, 6.45) is 0.710. The van der Waals surface area contributed by atoms with Crippen LogP contribution in [0, 0.1) is 11.3 Å². The van der Waals surface area contributed by atoms with Crippen molar-refractivity contribution < 1.29 is 4.79 Å². The van der Waals surface area contributed by atoms with Gasteiger partial charge in [0.15, 0.2) is 0 Å². The van der Waals surface area contributed by atoms with E-state index in [0.29, 0.717) is 23.0 Å². The lowest BCUT2D eigenvalue weighted by Gasteiger charge is -2.06. The number of nitriles is 1. The van der Waals surface area contributed by atoms with Crippen molar-refractivity contribution in [3.63, 3.8) is 0 Å². The van der Waals surface area contributed by atoms with Crippen molar-refractivity contribution >= 4 is 29.1 Å². The van der Waals surface area contributed by atoms with Crippen LogP contribution in [0.2, 0.25) is 10.0 Å². The fourth-order valence-corrected chi connectivity index (χ4v) is 1.85. The Kier molecular flexibility index (Phi) is 6.51. The van der Waals surface area contributed by atoms with Gasteiger partial charge in [-0.05, 0) is 30.7 Å². The first-order chi connectivity index (χ1) is 8.63. The molecule has 0 spiro atoms. The Morgan fingerprint density at radius 3 is 2.83 bits per heavy atom. The van der Waals surface area contributed by atoms with E-state index in [-0.39, 0.29) is 19.0 Å². The van der Waals surface area contributed by atoms with E-state index in [1.54, 1.807) is 12.1 Å². The van der Waals surface area contributed by atoms with Gasteiger partial charge in [-0.3, -0.25) is 4.79 Å². The Labute approximate surface area is 116 Å². The molecule has 0 fully saturated rings. The average molecular weight is 286 g/mol. The summed E-state index contributed by atoms with van der Waals surface area (Å²) in [5.41, 5.74) is 0.978. The van der Waals surface area contributed by atoms with Gasteiger partial charge in [-0.1, -0.05) is 29.3 Å². The van der Waals surface area contributed by atoms with Gasteiger partial charge >= 0.3 is 0 Å². The Hall–Kier alpha value is -1.28. The third-order valence-electron chi connectivity index (χ3n) is 2.24. The lowest BCUT2D eigenvalue weighted by Crippen LogP contribution is -2.34. The van der Waals surface area contributed by atoms with Crippen molar-refractivity contribution in [2.24, 2.45) is 0 Å². The lowest BCUT2D eigenvalue weighted by atomic mass is 10.1. The number of rotatable bonds is 6. The highest BCUT2D eigenvalue weighted by atomic mass is 35.5. The van der Waals surface area contributed by atoms with Gasteiger partial charge in [0.2, 0.25) is 5.91 Å². The molecule has 0 aliphatic heterocycles. The predicted molar refractivity (Wildman–Crippen MR) is 71.7 cm³/mol. The third kappa shape index (κ3) is 5.37. The van der Waals surface area contributed by atoms with Crippen molar-refractivity contribution in [2.45, 2.75) is 6.42 Å². The van der Waals surface area contributed by atoms with Gasteiger partial charge in [-0.2, -0.15) is 5.26 Å². The molecule has 4 nitrogen and oxygen atoms in total. The zero-order chi connectivity index (χ0) is 13.4. The fourth-order valence-electron chi connectivity index (χ4n) is 1.35. The van der Waals surface area contributed by atoms with Gasteiger partial charge in [-0.15, -0.1) is 0 Å². The maximum absolute atomic E-state index is 11.2. The van der Waals surface area contributed by atoms with Crippen LogP contribution < -0.4 is 10.6 Å². The number of nitrogens with zero attached hydrogens (tertiary/aromatic N) is 1. The number of hydrogen-bond acceptors (Lipinski definition) is 3. The molecule has 1 aromatic rings. The second-order valence-corrected chi connectivity index (χ2v) is 4.44. The largest absolute Gasteiger partial charge is 0.342 e. The van der Waals surface area contributed by atoms with E-state index >= 15 is 0 Å². The zero-order valence-electron chi connectivity index (χ0n) is 9.67. The molecule has 0 unspecified atom stereocenters. The topological polar surface area (TPSA) is 64.9 Å². The van der Waals surface area contributed by atoms with Gasteiger partial charge in [0.25, 0.3) is 0 Å². The number of carbonyl (C=O) groups excluding carboxylic acids is 1. The van der Waals surface area contributed by atoms with Crippen LogP contribution in [0.25, 0.3) is 0 Å². The molecule has 0 aliphatic carbocycles. The van der Waals surface area contributed by atoms with Crippen LogP contribution in [0.3, 0.4) is 0 Å². The molecule has 96 valence electrons. The predicted octanol–water partition coefficient (Wildman–Crippen LogP) is 1.77. The maximum Gasteiger partial charge on any atom is 0.234 e. The summed E-state index contributed by atoms with van der Waals surface area (Å²) < 4.78 is 0. The summed E-state index contributed by atoms with van der Waals surface area (Å²) in [6, 6.07) is 7.17. The molecule has 6 heteroatoms. The molecule has 1 aromatic carbocycles. The van der Waals surface area contributed by atoms with Crippen molar-refractivity contribution in [3.8, 4) is 6.07 Å². The SMILES string of the molecule is N#CCNC(=O)CNCCc1ccc(Cl)cc1Cl. The number of nitrogens with one attached hydrogen (secondary N) is 2. The van der Waals surface area contributed by atoms with Crippen LogP contribution in [0.4, 0.5) is 0 Å². The Bertz CT molecular complexity index is 457. The molecule has 0 aromatic heterocycles. The van der Waals surface area contributed by atoms with E-state index in [0.717, 1.165) is 5.56 Å². The number of hydrogen-bond donors (Lipinski definition) is 2. The van der Waals surface area contributed by atoms with Crippen LogP contribution in [0.15, 0.2) is 18.2 Å². The van der Waals surface area contributed by atoms with Crippen molar-refractivity contribution in [1.29, 1.82) is 5.26 Å². The molecular formula is C12H13Cl2N3O. The second-order valence-electron chi connectivity index (χ2n) is 3.60. The van der Waals surface area contributed by atoms with E-state index in [4.69, 9.17) is 28.5 Å². The maximum atomic E-state index is 11.2. The molecule has 0 saturated carbocycles. The van der Waals surface area contributed by atoms with Crippen LogP contribution in [-0.4, -0.2) is 25.5 Å². The molecule has 18 heavy (non-hydrogen) atoms. The van der Waals surface area contributed by atoms with E-state index < -0.39 is 0 Å². The van der Waals surface area contributed by atoms with Crippen LogP contribution in [0.1, 0.15) is 5.56 Å². The minimum absolute atomic E-state index is 0.0313. The standard InChI is InChI=1S/C12H13Cl2N3O/c13-10-2-1-9(11(14)7-10)3-5-16-8-12(18)17-6-4-15/h1-2,7,16H,3,5-6,8H2,(H,17,18). The fraction of sp³-hybridized carbons (Fsp3) is 0.333. The number of benzene rings is 1. The van der Waals surface area contributed by atoms with Gasteiger partial charge in [0.05, 0.1) is 12.6 Å². The van der Waals surface area contributed by atoms with Gasteiger partial charge in [0.1, 0.15) is 6.54 Å². The molecule has 1 amide bonds. The highest BCUT2D eigenvalue weighted by Gasteiger charge is 2.02. The molecule has 0 bridgehead atoms. The van der Waals surface area contributed by atoms with E-state index in [2.05, 4.69) is 10.6 Å². The van der Waals surface area contributed by atoms with Crippen LogP contribution in [0.5, 0.6) is 0 Å². The first kappa shape index (κ1) is 14.8. The summed E-state index contributed by atoms with van der Waals surface area (Å²) in [5.74, 6) is -0.196. The van der Waals surface area contributed by atoms with Gasteiger partial charge in [0, 0.05) is 10.0 Å². The first-order valence-corrected chi connectivity index (χ1v) is 6.17. The second kappa shape index (κ2) is 7.93. The van der Waals surface area contributed by atoms with Crippen molar-refractivity contribution in [3.05, 3.63) is 33.8 Å². The summed E-state index contributed by atoms with van der Waals surface area (Å²) in [5, 5.41) is 14.9. The van der Waals surface area contributed by atoms with Crippen LogP contribution >= 0.6 is 23.2 Å². The van der Waals surface area contributed by atoms with E-state index in [1.807, 2.05) is 12.1 Å². The molecule has 0 aliphatic rings. The molecular weight excluding hydrogens is 273 g/mol. The molecule has 0 heterocycles. The van der Waals surface area contributed by atoms with Crippen molar-refractivity contribution in [1.82, 2.24) is 10.6 Å². The minimum Gasteiger partial charge on any atom is -0.342 e. The van der Waals surface area contributed by atoms with E-state index in [9.17, 15) is 4.79 Å². The Morgan fingerprint density at radius 1 is 1.39 bits per heavy atom. The first-order valence-electron chi connectivity index (χ1n) is 5.42. The van der Waals surface area contributed by atoms with Gasteiger partial charge < -0.3 is 10.6 Å². The smallest absolute Gasteiger partial charge is 0.234 e. The van der Waals surface area contributed by atoms with Crippen molar-refractivity contribution in [2.75, 3.05) is 19.6 Å². The normalized spacial score (nSPS) is 9.83. The Morgan fingerprint density at radius 2 is 2.17 bits per heavy atom. The highest BCUT2D eigenvalue weighted by Crippen LogP contribution is 2.20. The zero-order valence-corrected chi connectivity index (χ0v) is 11.2. The van der Waals surface area contributed by atoms with Crippen LogP contribution in [-0.2, 0) is 11.2 Å². The lowest BCUT2D eigenvalue weighted by molar-refractivity contribution is -0.120. The highest BCUT2D eigenvalue weighted by molar-refractivity contribution is 6.35. The monoisotopic (exact) mass is 285 g/mol. The Balaban J connectivity index is 2.26. The summed E-state index contributed by atoms with van der Waals surface area (Å²) in [6.45, 7) is 0.845.